The van der Waals surface area contributed by atoms with E-state index in [1.165, 1.54) is 19.2 Å². The molecule has 0 N–H and O–H groups in total. The topological polar surface area (TPSA) is 36.3 Å². The third-order valence-electron chi connectivity index (χ3n) is 3.05. The molecule has 0 heterocycles. The standard InChI is InChI=1S/C16H15FN2O/c1-19(15-5-3-4-14(17)9-15)11-12-6-7-16(20-2)13(8-12)10-18/h3-9H,11H2,1-2H3. The van der Waals surface area contributed by atoms with Gasteiger partial charge < -0.3 is 9.64 Å². The van der Waals surface area contributed by atoms with Crippen LogP contribution in [0.2, 0.25) is 0 Å². The minimum Gasteiger partial charge on any atom is -0.495 e. The molecule has 0 aliphatic rings. The molecule has 0 unspecified atom stereocenters. The third kappa shape index (κ3) is 3.07. The Morgan fingerprint density at radius 1 is 1.25 bits per heavy atom. The molecule has 20 heavy (non-hydrogen) atoms. The lowest BCUT2D eigenvalue weighted by molar-refractivity contribution is 0.413. The molecule has 0 fully saturated rings. The Morgan fingerprint density at radius 2 is 2.05 bits per heavy atom. The summed E-state index contributed by atoms with van der Waals surface area (Å²) in [7, 11) is 3.42. The van der Waals surface area contributed by atoms with Crippen LogP contribution in [0.25, 0.3) is 0 Å². The summed E-state index contributed by atoms with van der Waals surface area (Å²) in [5.74, 6) is 0.298. The van der Waals surface area contributed by atoms with Gasteiger partial charge in [0.05, 0.1) is 12.7 Å². The first-order valence-electron chi connectivity index (χ1n) is 6.17. The molecule has 0 amide bonds. The van der Waals surface area contributed by atoms with Crippen LogP contribution < -0.4 is 9.64 Å². The number of rotatable bonds is 4. The Bertz CT molecular complexity index is 649. The molecule has 0 atom stereocenters. The molecule has 0 spiro atoms. The number of hydrogen-bond donors (Lipinski definition) is 0. The van der Waals surface area contributed by atoms with Crippen molar-refractivity contribution >= 4 is 5.69 Å². The van der Waals surface area contributed by atoms with Crippen molar-refractivity contribution in [1.82, 2.24) is 0 Å². The zero-order valence-electron chi connectivity index (χ0n) is 11.4. The molecule has 2 aromatic rings. The van der Waals surface area contributed by atoms with Crippen molar-refractivity contribution in [2.24, 2.45) is 0 Å². The maximum atomic E-state index is 13.2. The van der Waals surface area contributed by atoms with Crippen molar-refractivity contribution < 1.29 is 9.13 Å². The first-order chi connectivity index (χ1) is 9.63. The van der Waals surface area contributed by atoms with E-state index in [0.29, 0.717) is 17.9 Å². The average molecular weight is 270 g/mol. The molecule has 0 saturated heterocycles. The van der Waals surface area contributed by atoms with E-state index in [0.717, 1.165) is 11.3 Å². The van der Waals surface area contributed by atoms with Crippen LogP contribution in [-0.2, 0) is 6.54 Å². The number of ether oxygens (including phenoxy) is 1. The largest absolute Gasteiger partial charge is 0.495 e. The van der Waals surface area contributed by atoms with Gasteiger partial charge in [-0.1, -0.05) is 12.1 Å². The van der Waals surface area contributed by atoms with E-state index in [-0.39, 0.29) is 5.82 Å². The molecule has 0 saturated carbocycles. The Morgan fingerprint density at radius 3 is 2.70 bits per heavy atom. The minimum absolute atomic E-state index is 0.262. The fourth-order valence-corrected chi connectivity index (χ4v) is 2.02. The van der Waals surface area contributed by atoms with Gasteiger partial charge in [-0.3, -0.25) is 0 Å². The van der Waals surface area contributed by atoms with E-state index in [1.54, 1.807) is 18.2 Å². The van der Waals surface area contributed by atoms with E-state index >= 15 is 0 Å². The fraction of sp³-hybridized carbons (Fsp3) is 0.188. The van der Waals surface area contributed by atoms with Crippen LogP contribution in [0.4, 0.5) is 10.1 Å². The van der Waals surface area contributed by atoms with Crippen LogP contribution in [0.15, 0.2) is 42.5 Å². The smallest absolute Gasteiger partial charge is 0.136 e. The Kier molecular flexibility index (Phi) is 4.21. The van der Waals surface area contributed by atoms with Gasteiger partial charge in [-0.15, -0.1) is 0 Å². The average Bonchev–Trinajstić information content (AvgIpc) is 2.47. The van der Waals surface area contributed by atoms with E-state index < -0.39 is 0 Å². The molecule has 0 bridgehead atoms. The van der Waals surface area contributed by atoms with Crippen LogP contribution in [0.3, 0.4) is 0 Å². The monoisotopic (exact) mass is 270 g/mol. The fourth-order valence-electron chi connectivity index (χ4n) is 2.02. The predicted molar refractivity (Wildman–Crippen MR) is 76.2 cm³/mol. The summed E-state index contributed by atoms with van der Waals surface area (Å²) in [4.78, 5) is 1.92. The summed E-state index contributed by atoms with van der Waals surface area (Å²) in [6.07, 6.45) is 0. The molecule has 0 aliphatic heterocycles. The van der Waals surface area contributed by atoms with Gasteiger partial charge in [0.1, 0.15) is 17.6 Å². The lowest BCUT2D eigenvalue weighted by Crippen LogP contribution is -2.16. The molecule has 4 heteroatoms. The number of nitrogens with zero attached hydrogens (tertiary/aromatic N) is 2. The quantitative estimate of drug-likeness (QED) is 0.855. The number of nitriles is 1. The molecule has 2 aromatic carbocycles. The highest BCUT2D eigenvalue weighted by Gasteiger charge is 2.07. The number of hydrogen-bond acceptors (Lipinski definition) is 3. The van der Waals surface area contributed by atoms with E-state index in [2.05, 4.69) is 6.07 Å². The van der Waals surface area contributed by atoms with E-state index in [9.17, 15) is 4.39 Å². The van der Waals surface area contributed by atoms with Gasteiger partial charge >= 0.3 is 0 Å². The summed E-state index contributed by atoms with van der Waals surface area (Å²) < 4.78 is 18.3. The normalized spacial score (nSPS) is 9.90. The first kappa shape index (κ1) is 13.9. The van der Waals surface area contributed by atoms with Crippen LogP contribution >= 0.6 is 0 Å². The van der Waals surface area contributed by atoms with Gasteiger partial charge in [-0.2, -0.15) is 5.26 Å². The van der Waals surface area contributed by atoms with Crippen LogP contribution in [0.1, 0.15) is 11.1 Å². The van der Waals surface area contributed by atoms with Gasteiger partial charge in [-0.05, 0) is 35.9 Å². The second-order valence-electron chi connectivity index (χ2n) is 4.48. The molecule has 0 radical (unpaired) electrons. The number of anilines is 1. The third-order valence-corrected chi connectivity index (χ3v) is 3.05. The summed E-state index contributed by atoms with van der Waals surface area (Å²) in [5.41, 5.74) is 2.26. The highest BCUT2D eigenvalue weighted by Crippen LogP contribution is 2.21. The zero-order chi connectivity index (χ0) is 14.5. The predicted octanol–water partition coefficient (Wildman–Crippen LogP) is 3.34. The Hall–Kier alpha value is -2.54. The molecular formula is C16H15FN2O. The SMILES string of the molecule is COc1ccc(CN(C)c2cccc(F)c2)cc1C#N. The van der Waals surface area contributed by atoms with Crippen LogP contribution in [0, 0.1) is 17.1 Å². The molecule has 0 aliphatic carbocycles. The van der Waals surface area contributed by atoms with Gasteiger partial charge in [0.25, 0.3) is 0 Å². The molecule has 102 valence electrons. The first-order valence-corrected chi connectivity index (χ1v) is 6.17. The van der Waals surface area contributed by atoms with Crippen LogP contribution in [-0.4, -0.2) is 14.2 Å². The summed E-state index contributed by atoms with van der Waals surface area (Å²) >= 11 is 0. The summed E-state index contributed by atoms with van der Waals surface area (Å²) in [5, 5.41) is 9.07. The number of methoxy groups -OCH3 is 1. The lowest BCUT2D eigenvalue weighted by Gasteiger charge is -2.19. The second kappa shape index (κ2) is 6.07. The lowest BCUT2D eigenvalue weighted by atomic mass is 10.1. The van der Waals surface area contributed by atoms with Crippen molar-refractivity contribution in [3.05, 3.63) is 59.4 Å². The molecule has 0 aromatic heterocycles. The second-order valence-corrected chi connectivity index (χ2v) is 4.48. The van der Waals surface area contributed by atoms with Crippen molar-refractivity contribution in [3.63, 3.8) is 0 Å². The van der Waals surface area contributed by atoms with E-state index in [4.69, 9.17) is 10.00 Å². The summed E-state index contributed by atoms with van der Waals surface area (Å²) in [6.45, 7) is 0.585. The molecule has 2 rings (SSSR count). The highest BCUT2D eigenvalue weighted by molar-refractivity contribution is 5.49. The summed E-state index contributed by atoms with van der Waals surface area (Å²) in [6, 6.07) is 14.0. The van der Waals surface area contributed by atoms with Crippen LogP contribution in [0.5, 0.6) is 5.75 Å². The maximum absolute atomic E-state index is 13.2. The minimum atomic E-state index is -0.262. The Balaban J connectivity index is 2.20. The molecular weight excluding hydrogens is 255 g/mol. The Labute approximate surface area is 117 Å². The van der Waals surface area contributed by atoms with Crippen molar-refractivity contribution in [2.75, 3.05) is 19.1 Å². The van der Waals surface area contributed by atoms with Gasteiger partial charge in [0.15, 0.2) is 0 Å². The maximum Gasteiger partial charge on any atom is 0.136 e. The van der Waals surface area contributed by atoms with Crippen molar-refractivity contribution in [3.8, 4) is 11.8 Å². The van der Waals surface area contributed by atoms with Gasteiger partial charge in [-0.25, -0.2) is 4.39 Å². The van der Waals surface area contributed by atoms with E-state index in [1.807, 2.05) is 24.1 Å². The number of halogens is 1. The van der Waals surface area contributed by atoms with Crippen molar-refractivity contribution in [2.45, 2.75) is 6.54 Å². The van der Waals surface area contributed by atoms with Crippen molar-refractivity contribution in [1.29, 1.82) is 5.26 Å². The zero-order valence-corrected chi connectivity index (χ0v) is 11.4. The number of benzene rings is 2. The highest BCUT2D eigenvalue weighted by atomic mass is 19.1. The molecule has 3 nitrogen and oxygen atoms in total. The van der Waals surface area contributed by atoms with Gasteiger partial charge in [0, 0.05) is 19.3 Å². The van der Waals surface area contributed by atoms with Gasteiger partial charge in [0.2, 0.25) is 0 Å².